The van der Waals surface area contributed by atoms with E-state index in [9.17, 15) is 4.79 Å². The van der Waals surface area contributed by atoms with Gasteiger partial charge in [0.05, 0.1) is 12.7 Å². The molecule has 0 aromatic rings. The van der Waals surface area contributed by atoms with E-state index in [1.54, 1.807) is 0 Å². The molecule has 0 saturated carbocycles. The molecule has 0 rings (SSSR count). The molecule has 0 aliphatic heterocycles. The molecule has 0 heterocycles. The third kappa shape index (κ3) is 8.22. The van der Waals surface area contributed by atoms with Gasteiger partial charge in [-0.05, 0) is 12.3 Å². The number of rotatable bonds is 6. The van der Waals surface area contributed by atoms with Crippen LogP contribution in [0.2, 0.25) is 0 Å². The minimum atomic E-state index is -0.322. The lowest BCUT2D eigenvalue weighted by Gasteiger charge is -2.37. The molecule has 4 nitrogen and oxygen atoms in total. The minimum absolute atomic E-state index is 0.0583. The SMILES string of the molecule is CC(=O)OCCOC(OC(C)C(C)(C)C)C(C)(C)C. The van der Waals surface area contributed by atoms with Gasteiger partial charge in [-0.1, -0.05) is 41.5 Å². The number of carbonyl (C=O) groups excluding carboxylic acids is 1. The van der Waals surface area contributed by atoms with Gasteiger partial charge < -0.3 is 14.2 Å². The fourth-order valence-corrected chi connectivity index (χ4v) is 1.22. The summed E-state index contributed by atoms with van der Waals surface area (Å²) in [5, 5.41) is 0. The highest BCUT2D eigenvalue weighted by molar-refractivity contribution is 5.65. The van der Waals surface area contributed by atoms with Crippen molar-refractivity contribution < 1.29 is 19.0 Å². The Bertz CT molecular complexity index is 273. The average Bonchev–Trinajstić information content (AvgIpc) is 2.18. The summed E-state index contributed by atoms with van der Waals surface area (Å²) in [5.74, 6) is -0.292. The molecule has 114 valence electrons. The molecular formula is C15H30O4. The van der Waals surface area contributed by atoms with Crippen LogP contribution < -0.4 is 0 Å². The molecule has 0 aromatic heterocycles. The molecule has 0 spiro atoms. The van der Waals surface area contributed by atoms with Crippen molar-refractivity contribution in [2.24, 2.45) is 10.8 Å². The topological polar surface area (TPSA) is 44.8 Å². The van der Waals surface area contributed by atoms with E-state index in [1.165, 1.54) is 6.92 Å². The summed E-state index contributed by atoms with van der Waals surface area (Å²) in [4.78, 5) is 10.7. The first-order valence-corrected chi connectivity index (χ1v) is 6.85. The summed E-state index contributed by atoms with van der Waals surface area (Å²) in [7, 11) is 0. The Morgan fingerprint density at radius 1 is 1.00 bits per heavy atom. The Labute approximate surface area is 117 Å². The first-order valence-electron chi connectivity index (χ1n) is 6.85. The molecule has 0 bridgehead atoms. The van der Waals surface area contributed by atoms with E-state index in [-0.39, 0.29) is 35.8 Å². The van der Waals surface area contributed by atoms with Crippen LogP contribution in [0.5, 0.6) is 0 Å². The van der Waals surface area contributed by atoms with Gasteiger partial charge in [-0.25, -0.2) is 0 Å². The number of hydrogen-bond donors (Lipinski definition) is 0. The molecule has 0 fully saturated rings. The van der Waals surface area contributed by atoms with E-state index in [1.807, 2.05) is 6.92 Å². The van der Waals surface area contributed by atoms with E-state index in [0.29, 0.717) is 6.61 Å². The van der Waals surface area contributed by atoms with Gasteiger partial charge in [0, 0.05) is 12.3 Å². The summed E-state index contributed by atoms with van der Waals surface area (Å²) in [6.07, 6.45) is -0.247. The largest absolute Gasteiger partial charge is 0.463 e. The number of esters is 1. The van der Waals surface area contributed by atoms with Crippen LogP contribution in [0, 0.1) is 10.8 Å². The molecule has 4 heteroatoms. The van der Waals surface area contributed by atoms with Crippen LogP contribution >= 0.6 is 0 Å². The van der Waals surface area contributed by atoms with Crippen molar-refractivity contribution in [1.82, 2.24) is 0 Å². The van der Waals surface area contributed by atoms with Gasteiger partial charge in [-0.15, -0.1) is 0 Å². The predicted molar refractivity (Wildman–Crippen MR) is 75.8 cm³/mol. The third-order valence-electron chi connectivity index (χ3n) is 2.91. The van der Waals surface area contributed by atoms with Crippen molar-refractivity contribution >= 4 is 5.97 Å². The Morgan fingerprint density at radius 3 is 1.89 bits per heavy atom. The second-order valence-corrected chi connectivity index (χ2v) is 7.05. The number of carbonyl (C=O) groups is 1. The van der Waals surface area contributed by atoms with Gasteiger partial charge in [0.1, 0.15) is 6.61 Å². The molecule has 0 aliphatic carbocycles. The first-order chi connectivity index (χ1) is 8.44. The maximum atomic E-state index is 10.7. The van der Waals surface area contributed by atoms with Crippen molar-refractivity contribution in [3.63, 3.8) is 0 Å². The quantitative estimate of drug-likeness (QED) is 0.423. The number of ether oxygens (including phenoxy) is 3. The van der Waals surface area contributed by atoms with Crippen LogP contribution in [-0.4, -0.2) is 31.6 Å². The predicted octanol–water partition coefficient (Wildman–Crippen LogP) is 3.39. The van der Waals surface area contributed by atoms with Crippen molar-refractivity contribution in [2.75, 3.05) is 13.2 Å². The molecule has 0 aromatic carbocycles. The van der Waals surface area contributed by atoms with Crippen molar-refractivity contribution in [3.05, 3.63) is 0 Å². The van der Waals surface area contributed by atoms with Crippen LogP contribution in [0.4, 0.5) is 0 Å². The zero-order chi connectivity index (χ0) is 15.3. The lowest BCUT2D eigenvalue weighted by atomic mass is 9.89. The Hall–Kier alpha value is -0.610. The van der Waals surface area contributed by atoms with Gasteiger partial charge in [0.15, 0.2) is 6.29 Å². The monoisotopic (exact) mass is 274 g/mol. The molecule has 0 aliphatic rings. The van der Waals surface area contributed by atoms with Crippen molar-refractivity contribution in [2.45, 2.75) is 67.8 Å². The maximum absolute atomic E-state index is 10.7. The van der Waals surface area contributed by atoms with Crippen molar-refractivity contribution in [1.29, 1.82) is 0 Å². The third-order valence-corrected chi connectivity index (χ3v) is 2.91. The van der Waals surface area contributed by atoms with E-state index in [4.69, 9.17) is 14.2 Å². The maximum Gasteiger partial charge on any atom is 0.302 e. The lowest BCUT2D eigenvalue weighted by molar-refractivity contribution is -0.233. The molecule has 0 amide bonds. The highest BCUT2D eigenvalue weighted by Gasteiger charge is 2.31. The summed E-state index contributed by atoms with van der Waals surface area (Å²) in [6, 6.07) is 0. The van der Waals surface area contributed by atoms with Crippen LogP contribution in [0.1, 0.15) is 55.4 Å². The molecule has 0 saturated heterocycles. The molecule has 0 radical (unpaired) electrons. The van der Waals surface area contributed by atoms with E-state index in [0.717, 1.165) is 0 Å². The van der Waals surface area contributed by atoms with Crippen LogP contribution in [0.15, 0.2) is 0 Å². The van der Waals surface area contributed by atoms with Crippen molar-refractivity contribution in [3.8, 4) is 0 Å². The fourth-order valence-electron chi connectivity index (χ4n) is 1.22. The van der Waals surface area contributed by atoms with Gasteiger partial charge in [0.2, 0.25) is 0 Å². The standard InChI is InChI=1S/C15H30O4/c1-11(14(3,4)5)19-13(15(6,7)8)18-10-9-17-12(2)16/h11,13H,9-10H2,1-8H3. The normalized spacial score (nSPS) is 16.0. The molecule has 19 heavy (non-hydrogen) atoms. The zero-order valence-electron chi connectivity index (χ0n) is 13.7. The summed E-state index contributed by atoms with van der Waals surface area (Å²) < 4.78 is 16.6. The van der Waals surface area contributed by atoms with Crippen LogP contribution in [0.25, 0.3) is 0 Å². The highest BCUT2D eigenvalue weighted by atomic mass is 16.7. The minimum Gasteiger partial charge on any atom is -0.463 e. The molecular weight excluding hydrogens is 244 g/mol. The summed E-state index contributed by atoms with van der Waals surface area (Å²) in [5.41, 5.74) is -0.0710. The second-order valence-electron chi connectivity index (χ2n) is 7.05. The van der Waals surface area contributed by atoms with Crippen LogP contribution in [-0.2, 0) is 19.0 Å². The Kier molecular flexibility index (Phi) is 7.01. The first kappa shape index (κ1) is 18.4. The van der Waals surface area contributed by atoms with Crippen LogP contribution in [0.3, 0.4) is 0 Å². The molecule has 0 N–H and O–H groups in total. The smallest absolute Gasteiger partial charge is 0.302 e. The van der Waals surface area contributed by atoms with E-state index >= 15 is 0 Å². The van der Waals surface area contributed by atoms with Gasteiger partial charge in [0.25, 0.3) is 0 Å². The molecule has 2 atom stereocenters. The fraction of sp³-hybridized carbons (Fsp3) is 0.933. The lowest BCUT2D eigenvalue weighted by Crippen LogP contribution is -2.39. The summed E-state index contributed by atoms with van der Waals surface area (Å²) in [6.45, 7) is 16.7. The van der Waals surface area contributed by atoms with Gasteiger partial charge in [-0.3, -0.25) is 4.79 Å². The van der Waals surface area contributed by atoms with Gasteiger partial charge >= 0.3 is 5.97 Å². The second kappa shape index (κ2) is 7.25. The Morgan fingerprint density at radius 2 is 1.53 bits per heavy atom. The van der Waals surface area contributed by atoms with E-state index < -0.39 is 0 Å². The Balaban J connectivity index is 4.38. The average molecular weight is 274 g/mol. The summed E-state index contributed by atoms with van der Waals surface area (Å²) >= 11 is 0. The zero-order valence-corrected chi connectivity index (χ0v) is 13.7. The van der Waals surface area contributed by atoms with Gasteiger partial charge in [-0.2, -0.15) is 0 Å². The van der Waals surface area contributed by atoms with E-state index in [2.05, 4.69) is 41.5 Å². The molecule has 2 unspecified atom stereocenters. The highest BCUT2D eigenvalue weighted by Crippen LogP contribution is 2.29. The number of hydrogen-bond acceptors (Lipinski definition) is 4.